The number of nitrogens with zero attached hydrogens (tertiary/aromatic N) is 4. The molecule has 0 bridgehead atoms. The van der Waals surface area contributed by atoms with E-state index in [1.165, 1.54) is 21.6 Å². The molecule has 3 aromatic rings. The molecule has 8 heteroatoms. The summed E-state index contributed by atoms with van der Waals surface area (Å²) < 4.78 is 1.53. The lowest BCUT2D eigenvalue weighted by molar-refractivity contribution is 0.0622. The predicted molar refractivity (Wildman–Crippen MR) is 113 cm³/mol. The topological polar surface area (TPSA) is 70.5 Å². The van der Waals surface area contributed by atoms with E-state index in [9.17, 15) is 9.59 Å². The summed E-state index contributed by atoms with van der Waals surface area (Å²) in [5, 5.41) is 8.98. The van der Waals surface area contributed by atoms with E-state index in [1.54, 1.807) is 19.2 Å². The molecule has 1 saturated heterocycles. The summed E-state index contributed by atoms with van der Waals surface area (Å²) in [6.45, 7) is 3.88. The van der Waals surface area contributed by atoms with Gasteiger partial charge in [-0.05, 0) is 17.0 Å². The van der Waals surface area contributed by atoms with Crippen molar-refractivity contribution < 1.29 is 9.59 Å². The number of piperazine rings is 1. The Hall–Kier alpha value is -2.97. The standard InChI is InChI=1S/C21H23N5O2S/c1-24-19(22-20(27)18-8-5-13-29-18)14-17(23-24)21(28)26-11-9-25(10-12-26)15-16-6-3-2-4-7-16/h2-8,13-14H,9-12,15H2,1H3,(H,22,27). The fourth-order valence-electron chi connectivity index (χ4n) is 3.39. The van der Waals surface area contributed by atoms with E-state index in [-0.39, 0.29) is 11.8 Å². The molecular weight excluding hydrogens is 386 g/mol. The molecule has 7 nitrogen and oxygen atoms in total. The van der Waals surface area contributed by atoms with Gasteiger partial charge in [-0.2, -0.15) is 5.10 Å². The molecule has 0 radical (unpaired) electrons. The van der Waals surface area contributed by atoms with E-state index in [0.717, 1.165) is 19.6 Å². The Balaban J connectivity index is 1.35. The molecule has 150 valence electrons. The van der Waals surface area contributed by atoms with Crippen molar-refractivity contribution >= 4 is 29.0 Å². The number of thiophene rings is 1. The zero-order valence-corrected chi connectivity index (χ0v) is 17.1. The minimum Gasteiger partial charge on any atom is -0.335 e. The quantitative estimate of drug-likeness (QED) is 0.703. The fraction of sp³-hybridized carbons (Fsp3) is 0.286. The van der Waals surface area contributed by atoms with E-state index in [2.05, 4.69) is 27.4 Å². The number of aryl methyl sites for hydroxylation is 1. The first-order valence-electron chi connectivity index (χ1n) is 9.54. The number of amides is 2. The maximum atomic E-state index is 12.9. The third-order valence-electron chi connectivity index (χ3n) is 4.99. The van der Waals surface area contributed by atoms with Crippen LogP contribution in [0.25, 0.3) is 0 Å². The van der Waals surface area contributed by atoms with E-state index in [4.69, 9.17) is 0 Å². The second-order valence-electron chi connectivity index (χ2n) is 7.02. The summed E-state index contributed by atoms with van der Waals surface area (Å²) in [6.07, 6.45) is 0. The lowest BCUT2D eigenvalue weighted by atomic mass is 10.2. The van der Waals surface area contributed by atoms with E-state index < -0.39 is 0 Å². The summed E-state index contributed by atoms with van der Waals surface area (Å²) in [6, 6.07) is 15.6. The molecule has 0 saturated carbocycles. The Bertz CT molecular complexity index is 976. The molecule has 29 heavy (non-hydrogen) atoms. The van der Waals surface area contributed by atoms with Crippen molar-refractivity contribution in [1.29, 1.82) is 0 Å². The monoisotopic (exact) mass is 409 g/mol. The minimum absolute atomic E-state index is 0.100. The van der Waals surface area contributed by atoms with Crippen LogP contribution in [0.3, 0.4) is 0 Å². The van der Waals surface area contributed by atoms with Gasteiger partial charge in [-0.3, -0.25) is 19.2 Å². The highest BCUT2D eigenvalue weighted by molar-refractivity contribution is 7.12. The zero-order valence-electron chi connectivity index (χ0n) is 16.2. The molecule has 4 rings (SSSR count). The molecule has 3 heterocycles. The van der Waals surface area contributed by atoms with Crippen LogP contribution in [0.4, 0.5) is 5.82 Å². The number of hydrogen-bond donors (Lipinski definition) is 1. The first-order valence-corrected chi connectivity index (χ1v) is 10.4. The molecule has 1 aromatic carbocycles. The maximum absolute atomic E-state index is 12.9. The van der Waals surface area contributed by atoms with Crippen molar-refractivity contribution in [1.82, 2.24) is 19.6 Å². The Morgan fingerprint density at radius 2 is 1.83 bits per heavy atom. The highest BCUT2D eigenvalue weighted by Gasteiger charge is 2.25. The van der Waals surface area contributed by atoms with Gasteiger partial charge in [0.15, 0.2) is 5.69 Å². The normalized spacial score (nSPS) is 14.7. The number of benzene rings is 1. The van der Waals surface area contributed by atoms with Crippen LogP contribution < -0.4 is 5.32 Å². The Morgan fingerprint density at radius 3 is 2.52 bits per heavy atom. The average molecular weight is 410 g/mol. The smallest absolute Gasteiger partial charge is 0.274 e. The van der Waals surface area contributed by atoms with Crippen LogP contribution in [0.2, 0.25) is 0 Å². The van der Waals surface area contributed by atoms with Gasteiger partial charge >= 0.3 is 0 Å². The lowest BCUT2D eigenvalue weighted by Crippen LogP contribution is -2.48. The van der Waals surface area contributed by atoms with Crippen LogP contribution in [0.5, 0.6) is 0 Å². The van der Waals surface area contributed by atoms with Crippen molar-refractivity contribution in [2.45, 2.75) is 6.54 Å². The van der Waals surface area contributed by atoms with Crippen LogP contribution in [0.15, 0.2) is 53.9 Å². The summed E-state index contributed by atoms with van der Waals surface area (Å²) in [7, 11) is 1.72. The molecule has 0 unspecified atom stereocenters. The Labute approximate surface area is 173 Å². The summed E-state index contributed by atoms with van der Waals surface area (Å²) in [4.78, 5) is 29.9. The number of anilines is 1. The van der Waals surface area contributed by atoms with Gasteiger partial charge in [0.1, 0.15) is 5.82 Å². The molecule has 1 fully saturated rings. The molecule has 2 amide bonds. The zero-order chi connectivity index (χ0) is 20.2. The van der Waals surface area contributed by atoms with E-state index >= 15 is 0 Å². The van der Waals surface area contributed by atoms with Gasteiger partial charge in [0.05, 0.1) is 4.88 Å². The summed E-state index contributed by atoms with van der Waals surface area (Å²) in [5.41, 5.74) is 1.63. The first-order chi connectivity index (χ1) is 14.1. The van der Waals surface area contributed by atoms with Crippen molar-refractivity contribution in [2.75, 3.05) is 31.5 Å². The third-order valence-corrected chi connectivity index (χ3v) is 5.86. The van der Waals surface area contributed by atoms with Crippen LogP contribution in [-0.4, -0.2) is 57.6 Å². The molecule has 2 aromatic heterocycles. The van der Waals surface area contributed by atoms with Crippen molar-refractivity contribution in [3.05, 3.63) is 70.0 Å². The summed E-state index contributed by atoms with van der Waals surface area (Å²) >= 11 is 1.37. The van der Waals surface area contributed by atoms with Gasteiger partial charge in [0.25, 0.3) is 11.8 Å². The van der Waals surface area contributed by atoms with Gasteiger partial charge in [0.2, 0.25) is 0 Å². The van der Waals surface area contributed by atoms with Gasteiger partial charge < -0.3 is 10.2 Å². The van der Waals surface area contributed by atoms with Crippen LogP contribution in [0.1, 0.15) is 25.7 Å². The number of aromatic nitrogens is 2. The van der Waals surface area contributed by atoms with Gasteiger partial charge in [-0.1, -0.05) is 36.4 Å². The van der Waals surface area contributed by atoms with Crippen LogP contribution >= 0.6 is 11.3 Å². The number of nitrogens with one attached hydrogen (secondary N) is 1. The molecule has 1 aliphatic rings. The molecule has 1 N–H and O–H groups in total. The van der Waals surface area contributed by atoms with Crippen LogP contribution in [0, 0.1) is 0 Å². The lowest BCUT2D eigenvalue weighted by Gasteiger charge is -2.34. The predicted octanol–water partition coefficient (Wildman–Crippen LogP) is 2.69. The molecule has 0 aliphatic carbocycles. The highest BCUT2D eigenvalue weighted by atomic mass is 32.1. The molecular formula is C21H23N5O2S. The number of rotatable bonds is 5. The number of hydrogen-bond acceptors (Lipinski definition) is 5. The van der Waals surface area contributed by atoms with E-state index in [1.807, 2.05) is 34.5 Å². The maximum Gasteiger partial charge on any atom is 0.274 e. The summed E-state index contributed by atoms with van der Waals surface area (Å²) in [5.74, 6) is 0.211. The number of carbonyl (C=O) groups excluding carboxylic acids is 2. The molecule has 1 aliphatic heterocycles. The largest absolute Gasteiger partial charge is 0.335 e. The average Bonchev–Trinajstić information content (AvgIpc) is 3.39. The fourth-order valence-corrected chi connectivity index (χ4v) is 4.01. The van der Waals surface area contributed by atoms with Crippen LogP contribution in [-0.2, 0) is 13.6 Å². The second-order valence-corrected chi connectivity index (χ2v) is 7.97. The van der Waals surface area contributed by atoms with Crippen molar-refractivity contribution in [2.24, 2.45) is 7.05 Å². The highest BCUT2D eigenvalue weighted by Crippen LogP contribution is 2.16. The number of carbonyl (C=O) groups is 2. The Kier molecular flexibility index (Phi) is 5.73. The third kappa shape index (κ3) is 4.55. The van der Waals surface area contributed by atoms with Crippen molar-refractivity contribution in [3.63, 3.8) is 0 Å². The first kappa shape index (κ1) is 19.4. The van der Waals surface area contributed by atoms with Crippen molar-refractivity contribution in [3.8, 4) is 0 Å². The minimum atomic E-state index is -0.198. The molecule has 0 atom stereocenters. The Morgan fingerprint density at radius 1 is 1.07 bits per heavy atom. The van der Waals surface area contributed by atoms with Gasteiger partial charge in [0, 0.05) is 45.8 Å². The SMILES string of the molecule is Cn1nc(C(=O)N2CCN(Cc3ccccc3)CC2)cc1NC(=O)c1cccs1. The second kappa shape index (κ2) is 8.59. The van der Waals surface area contributed by atoms with Gasteiger partial charge in [-0.25, -0.2) is 0 Å². The van der Waals surface area contributed by atoms with Gasteiger partial charge in [-0.15, -0.1) is 11.3 Å². The van der Waals surface area contributed by atoms with E-state index in [0.29, 0.717) is 29.5 Å². The molecule has 0 spiro atoms.